The van der Waals surface area contributed by atoms with Gasteiger partial charge in [0.1, 0.15) is 5.75 Å². The van der Waals surface area contributed by atoms with Crippen molar-refractivity contribution in [1.82, 2.24) is 5.32 Å². The molecule has 1 N–H and O–H groups in total. The maximum atomic E-state index is 5.62. The SMILES string of the molecule is CCOc1ccccc1C=C(C)CNC(C)(C)C. The summed E-state index contributed by atoms with van der Waals surface area (Å²) in [7, 11) is 0. The molecule has 2 heteroatoms. The van der Waals surface area contributed by atoms with Crippen LogP contribution in [-0.4, -0.2) is 18.7 Å². The molecule has 0 aromatic heterocycles. The van der Waals surface area contributed by atoms with Crippen molar-refractivity contribution in [1.29, 1.82) is 0 Å². The summed E-state index contributed by atoms with van der Waals surface area (Å²) in [5.74, 6) is 0.954. The van der Waals surface area contributed by atoms with Gasteiger partial charge in [-0.15, -0.1) is 0 Å². The molecule has 0 radical (unpaired) electrons. The molecule has 0 aliphatic heterocycles. The predicted octanol–water partition coefficient (Wildman–Crippen LogP) is 3.88. The van der Waals surface area contributed by atoms with E-state index in [9.17, 15) is 0 Å². The van der Waals surface area contributed by atoms with Gasteiger partial charge in [0.05, 0.1) is 6.61 Å². The lowest BCUT2D eigenvalue weighted by molar-refractivity contribution is 0.339. The zero-order valence-corrected chi connectivity index (χ0v) is 12.2. The van der Waals surface area contributed by atoms with Crippen LogP contribution in [0, 0.1) is 0 Å². The van der Waals surface area contributed by atoms with Crippen molar-refractivity contribution >= 4 is 6.08 Å². The molecular formula is C16H25NO. The van der Waals surface area contributed by atoms with E-state index < -0.39 is 0 Å². The van der Waals surface area contributed by atoms with Crippen LogP contribution in [0.3, 0.4) is 0 Å². The van der Waals surface area contributed by atoms with Gasteiger partial charge in [0, 0.05) is 17.6 Å². The van der Waals surface area contributed by atoms with Crippen molar-refractivity contribution in [3.8, 4) is 5.75 Å². The molecule has 0 aliphatic carbocycles. The molecule has 0 fully saturated rings. The van der Waals surface area contributed by atoms with E-state index in [0.29, 0.717) is 6.61 Å². The zero-order valence-electron chi connectivity index (χ0n) is 12.2. The van der Waals surface area contributed by atoms with Crippen molar-refractivity contribution in [3.63, 3.8) is 0 Å². The number of rotatable bonds is 5. The molecule has 2 nitrogen and oxygen atoms in total. The Labute approximate surface area is 111 Å². The number of benzene rings is 1. The van der Waals surface area contributed by atoms with E-state index in [-0.39, 0.29) is 5.54 Å². The van der Waals surface area contributed by atoms with Gasteiger partial charge in [-0.2, -0.15) is 0 Å². The van der Waals surface area contributed by atoms with Crippen molar-refractivity contribution in [2.45, 2.75) is 40.2 Å². The highest BCUT2D eigenvalue weighted by Gasteiger charge is 2.08. The number of nitrogens with one attached hydrogen (secondary N) is 1. The van der Waals surface area contributed by atoms with E-state index in [4.69, 9.17) is 4.74 Å². The summed E-state index contributed by atoms with van der Waals surface area (Å²) in [6.45, 7) is 12.3. The van der Waals surface area contributed by atoms with E-state index >= 15 is 0 Å². The van der Waals surface area contributed by atoms with E-state index in [0.717, 1.165) is 17.9 Å². The lowest BCUT2D eigenvalue weighted by Gasteiger charge is -2.20. The van der Waals surface area contributed by atoms with Crippen LogP contribution in [0.2, 0.25) is 0 Å². The van der Waals surface area contributed by atoms with Crippen molar-refractivity contribution < 1.29 is 4.74 Å². The van der Waals surface area contributed by atoms with Gasteiger partial charge in [-0.1, -0.05) is 29.8 Å². The van der Waals surface area contributed by atoms with Crippen LogP contribution in [0.4, 0.5) is 0 Å². The molecule has 0 aliphatic rings. The fraction of sp³-hybridized carbons (Fsp3) is 0.500. The smallest absolute Gasteiger partial charge is 0.126 e. The molecule has 0 heterocycles. The van der Waals surface area contributed by atoms with Crippen LogP contribution in [-0.2, 0) is 0 Å². The number of hydrogen-bond donors (Lipinski definition) is 1. The van der Waals surface area contributed by atoms with Crippen LogP contribution < -0.4 is 10.1 Å². The van der Waals surface area contributed by atoms with Gasteiger partial charge in [-0.3, -0.25) is 0 Å². The minimum atomic E-state index is 0.147. The highest BCUT2D eigenvalue weighted by atomic mass is 16.5. The Bertz CT molecular complexity index is 402. The molecule has 1 aromatic rings. The summed E-state index contributed by atoms with van der Waals surface area (Å²) in [5.41, 5.74) is 2.60. The number of hydrogen-bond acceptors (Lipinski definition) is 2. The second kappa shape index (κ2) is 6.60. The second-order valence-corrected chi connectivity index (χ2v) is 5.57. The summed E-state index contributed by atoms with van der Waals surface area (Å²) in [4.78, 5) is 0. The Morgan fingerprint density at radius 2 is 1.94 bits per heavy atom. The molecule has 0 spiro atoms. The molecule has 0 amide bonds. The van der Waals surface area contributed by atoms with Gasteiger partial charge in [-0.05, 0) is 40.7 Å². The first-order valence-electron chi connectivity index (χ1n) is 6.56. The Hall–Kier alpha value is -1.28. The fourth-order valence-corrected chi connectivity index (χ4v) is 1.61. The first-order valence-corrected chi connectivity index (χ1v) is 6.56. The first kappa shape index (κ1) is 14.8. The molecule has 0 atom stereocenters. The molecule has 1 rings (SSSR count). The summed E-state index contributed by atoms with van der Waals surface area (Å²) in [6, 6.07) is 8.15. The Morgan fingerprint density at radius 1 is 1.28 bits per heavy atom. The third kappa shape index (κ3) is 5.37. The topological polar surface area (TPSA) is 21.3 Å². The molecule has 0 saturated carbocycles. The van der Waals surface area contributed by atoms with Gasteiger partial charge < -0.3 is 10.1 Å². The maximum Gasteiger partial charge on any atom is 0.126 e. The largest absolute Gasteiger partial charge is 0.493 e. The molecule has 0 bridgehead atoms. The monoisotopic (exact) mass is 247 g/mol. The van der Waals surface area contributed by atoms with E-state index in [1.807, 2.05) is 25.1 Å². The highest BCUT2D eigenvalue weighted by molar-refractivity contribution is 5.59. The van der Waals surface area contributed by atoms with Crippen LogP contribution in [0.1, 0.15) is 40.2 Å². The van der Waals surface area contributed by atoms with Gasteiger partial charge in [0.25, 0.3) is 0 Å². The molecule has 18 heavy (non-hydrogen) atoms. The Morgan fingerprint density at radius 3 is 2.56 bits per heavy atom. The van der Waals surface area contributed by atoms with E-state index in [1.54, 1.807) is 0 Å². The normalized spacial score (nSPS) is 12.6. The predicted molar refractivity (Wildman–Crippen MR) is 79.0 cm³/mol. The minimum Gasteiger partial charge on any atom is -0.493 e. The van der Waals surface area contributed by atoms with E-state index in [2.05, 4.69) is 45.2 Å². The molecule has 1 aromatic carbocycles. The van der Waals surface area contributed by atoms with Gasteiger partial charge in [0.15, 0.2) is 0 Å². The van der Waals surface area contributed by atoms with Gasteiger partial charge in [0.2, 0.25) is 0 Å². The van der Waals surface area contributed by atoms with Gasteiger partial charge in [-0.25, -0.2) is 0 Å². The molecule has 100 valence electrons. The molecular weight excluding hydrogens is 222 g/mol. The van der Waals surface area contributed by atoms with Crippen molar-refractivity contribution in [3.05, 3.63) is 35.4 Å². The fourth-order valence-electron chi connectivity index (χ4n) is 1.61. The average molecular weight is 247 g/mol. The Kier molecular flexibility index (Phi) is 5.42. The summed E-state index contributed by atoms with van der Waals surface area (Å²) < 4.78 is 5.62. The number of para-hydroxylation sites is 1. The first-order chi connectivity index (χ1) is 8.42. The minimum absolute atomic E-state index is 0.147. The average Bonchev–Trinajstić information content (AvgIpc) is 2.29. The summed E-state index contributed by atoms with van der Waals surface area (Å²) >= 11 is 0. The third-order valence-corrected chi connectivity index (χ3v) is 2.52. The van der Waals surface area contributed by atoms with Crippen LogP contribution in [0.25, 0.3) is 6.08 Å². The quantitative estimate of drug-likeness (QED) is 0.852. The molecule has 0 saturated heterocycles. The second-order valence-electron chi connectivity index (χ2n) is 5.57. The van der Waals surface area contributed by atoms with Crippen LogP contribution >= 0.6 is 0 Å². The van der Waals surface area contributed by atoms with Crippen LogP contribution in [0.5, 0.6) is 5.75 Å². The standard InChI is InChI=1S/C16H25NO/c1-6-18-15-10-8-7-9-14(15)11-13(2)12-17-16(3,4)5/h7-11,17H,6,12H2,1-5H3. The highest BCUT2D eigenvalue weighted by Crippen LogP contribution is 2.20. The van der Waals surface area contributed by atoms with E-state index in [1.165, 1.54) is 5.57 Å². The zero-order chi connectivity index (χ0) is 13.6. The number of ether oxygens (including phenoxy) is 1. The van der Waals surface area contributed by atoms with Gasteiger partial charge >= 0.3 is 0 Å². The van der Waals surface area contributed by atoms with Crippen molar-refractivity contribution in [2.24, 2.45) is 0 Å². The third-order valence-electron chi connectivity index (χ3n) is 2.52. The maximum absolute atomic E-state index is 5.62. The van der Waals surface area contributed by atoms with Crippen LogP contribution in [0.15, 0.2) is 29.8 Å². The lowest BCUT2D eigenvalue weighted by atomic mass is 10.1. The lowest BCUT2D eigenvalue weighted by Crippen LogP contribution is -2.36. The summed E-state index contributed by atoms with van der Waals surface area (Å²) in [5, 5.41) is 3.48. The Balaban J connectivity index is 2.75. The van der Waals surface area contributed by atoms with Crippen molar-refractivity contribution in [2.75, 3.05) is 13.2 Å². The summed E-state index contributed by atoms with van der Waals surface area (Å²) in [6.07, 6.45) is 2.18. The molecule has 0 unspecified atom stereocenters.